The quantitative estimate of drug-likeness (QED) is 0.446. The minimum atomic E-state index is -0.698. The van der Waals surface area contributed by atoms with Gasteiger partial charge in [0.15, 0.2) is 0 Å². The number of nitrogens with one attached hydrogen (secondary N) is 1. The summed E-state index contributed by atoms with van der Waals surface area (Å²) in [6.07, 6.45) is 6.34. The molecule has 0 bridgehead atoms. The van der Waals surface area contributed by atoms with E-state index in [-0.39, 0.29) is 5.96 Å². The summed E-state index contributed by atoms with van der Waals surface area (Å²) in [5.41, 5.74) is 6.14. The highest BCUT2D eigenvalue weighted by Gasteiger charge is 2.03. The van der Waals surface area contributed by atoms with Gasteiger partial charge < -0.3 is 10.5 Å². The third kappa shape index (κ3) is 4.69. The van der Waals surface area contributed by atoms with Crippen LogP contribution >= 0.6 is 11.6 Å². The van der Waals surface area contributed by atoms with Gasteiger partial charge in [-0.25, -0.2) is 4.79 Å². The lowest BCUT2D eigenvalue weighted by Crippen LogP contribution is -2.36. The number of ether oxygens (including phenoxy) is 1. The van der Waals surface area contributed by atoms with E-state index in [1.807, 2.05) is 12.2 Å². The first-order valence-corrected chi connectivity index (χ1v) is 5.28. The number of carbonyl (C=O) groups excluding carboxylic acids is 1. The van der Waals surface area contributed by atoms with Gasteiger partial charge in [-0.05, 0) is 12.8 Å². The molecule has 6 nitrogen and oxygen atoms in total. The Bertz CT molecular complexity index is 413. The molecule has 17 heavy (non-hydrogen) atoms. The molecule has 7 heteroatoms. The van der Waals surface area contributed by atoms with Crippen molar-refractivity contribution in [2.45, 2.75) is 12.8 Å². The number of guanidine groups is 1. The zero-order chi connectivity index (χ0) is 12.7. The Morgan fingerprint density at radius 2 is 2.47 bits per heavy atom. The molecule has 0 fully saturated rings. The van der Waals surface area contributed by atoms with Crippen LogP contribution in [0.25, 0.3) is 0 Å². The van der Waals surface area contributed by atoms with E-state index in [2.05, 4.69) is 20.3 Å². The third-order valence-electron chi connectivity index (χ3n) is 1.92. The topological polar surface area (TPSA) is 89.1 Å². The first-order valence-electron chi connectivity index (χ1n) is 4.90. The first-order chi connectivity index (χ1) is 8.13. The molecular weight excluding hydrogens is 244 g/mol. The van der Waals surface area contributed by atoms with E-state index >= 15 is 0 Å². The normalized spacial score (nSPS) is 16.5. The van der Waals surface area contributed by atoms with Gasteiger partial charge in [0, 0.05) is 10.6 Å². The molecular formula is C10H13ClN4O2. The fourth-order valence-corrected chi connectivity index (χ4v) is 1.32. The van der Waals surface area contributed by atoms with Gasteiger partial charge in [0.2, 0.25) is 5.96 Å². The summed E-state index contributed by atoms with van der Waals surface area (Å²) in [7, 11) is 1.23. The van der Waals surface area contributed by atoms with Gasteiger partial charge in [0.05, 0.1) is 13.3 Å². The van der Waals surface area contributed by atoms with E-state index < -0.39 is 6.09 Å². The molecule has 1 rings (SSSR count). The molecule has 0 spiro atoms. The molecule has 0 aliphatic heterocycles. The number of alkyl carbamates (subject to hydrolysis) is 1. The lowest BCUT2D eigenvalue weighted by atomic mass is 10.1. The predicted octanol–water partition coefficient (Wildman–Crippen LogP) is 1.49. The van der Waals surface area contributed by atoms with Crippen molar-refractivity contribution in [1.29, 1.82) is 0 Å². The lowest BCUT2D eigenvalue weighted by molar-refractivity contribution is 0.176. The van der Waals surface area contributed by atoms with Crippen LogP contribution in [0.1, 0.15) is 12.8 Å². The number of methoxy groups -OCH3 is 1. The number of halogens is 1. The number of hydrogen-bond donors (Lipinski definition) is 2. The van der Waals surface area contributed by atoms with Crippen molar-refractivity contribution in [3.05, 3.63) is 22.8 Å². The molecule has 3 N–H and O–H groups in total. The Hall–Kier alpha value is -1.82. The van der Waals surface area contributed by atoms with Gasteiger partial charge in [-0.1, -0.05) is 23.8 Å². The number of allylic oxidation sites excluding steroid dienone is 4. The van der Waals surface area contributed by atoms with Crippen LogP contribution in [0.5, 0.6) is 0 Å². The van der Waals surface area contributed by atoms with Gasteiger partial charge in [0.25, 0.3) is 0 Å². The number of carbonyl (C=O) groups is 1. The molecule has 0 heterocycles. The highest BCUT2D eigenvalue weighted by atomic mass is 35.5. The largest absolute Gasteiger partial charge is 0.453 e. The summed E-state index contributed by atoms with van der Waals surface area (Å²) >= 11 is 5.97. The smallest absolute Gasteiger partial charge is 0.413 e. The fourth-order valence-electron chi connectivity index (χ4n) is 1.10. The molecule has 1 aliphatic carbocycles. The highest BCUT2D eigenvalue weighted by molar-refractivity contribution is 6.31. The van der Waals surface area contributed by atoms with Crippen molar-refractivity contribution >= 4 is 29.9 Å². The molecule has 0 aromatic carbocycles. The van der Waals surface area contributed by atoms with Crippen molar-refractivity contribution in [1.82, 2.24) is 5.32 Å². The number of nitrogens with two attached hydrogens (primary N) is 1. The predicted molar refractivity (Wildman–Crippen MR) is 66.9 cm³/mol. The molecule has 1 aliphatic rings. The van der Waals surface area contributed by atoms with Crippen molar-refractivity contribution < 1.29 is 9.53 Å². The average molecular weight is 257 g/mol. The molecule has 0 atom stereocenters. The van der Waals surface area contributed by atoms with E-state index in [1.165, 1.54) is 13.3 Å². The summed E-state index contributed by atoms with van der Waals surface area (Å²) in [5, 5.41) is 10.2. The van der Waals surface area contributed by atoms with Crippen LogP contribution in [0.15, 0.2) is 33.0 Å². The Morgan fingerprint density at radius 3 is 3.12 bits per heavy atom. The molecule has 0 saturated heterocycles. The first kappa shape index (κ1) is 13.2. The summed E-state index contributed by atoms with van der Waals surface area (Å²) in [5.74, 6) is -0.149. The second-order valence-corrected chi connectivity index (χ2v) is 3.60. The Balaban J connectivity index is 2.57. The van der Waals surface area contributed by atoms with Crippen LogP contribution in [0.4, 0.5) is 4.79 Å². The van der Waals surface area contributed by atoms with E-state index in [0.717, 1.165) is 23.4 Å². The maximum Gasteiger partial charge on any atom is 0.413 e. The van der Waals surface area contributed by atoms with Crippen LogP contribution in [0.2, 0.25) is 0 Å². The SMILES string of the molecule is COC(=O)NC(N)=N/N=C/C1=C(Cl)CCC=C1. The molecule has 92 valence electrons. The van der Waals surface area contributed by atoms with Crippen molar-refractivity contribution in [3.8, 4) is 0 Å². The maximum absolute atomic E-state index is 10.8. The third-order valence-corrected chi connectivity index (χ3v) is 2.33. The monoisotopic (exact) mass is 256 g/mol. The van der Waals surface area contributed by atoms with Gasteiger partial charge in [-0.2, -0.15) is 5.10 Å². The second kappa shape index (κ2) is 6.70. The van der Waals surface area contributed by atoms with Crippen molar-refractivity contribution in [2.24, 2.45) is 15.9 Å². The Morgan fingerprint density at radius 1 is 1.71 bits per heavy atom. The number of rotatable bonds is 2. The van der Waals surface area contributed by atoms with Gasteiger partial charge in [-0.15, -0.1) is 5.10 Å². The summed E-state index contributed by atoms with van der Waals surface area (Å²) in [6, 6.07) is 0. The van der Waals surface area contributed by atoms with Crippen LogP contribution in [-0.4, -0.2) is 25.4 Å². The summed E-state index contributed by atoms with van der Waals surface area (Å²) in [6.45, 7) is 0. The second-order valence-electron chi connectivity index (χ2n) is 3.15. The van der Waals surface area contributed by atoms with E-state index in [0.29, 0.717) is 0 Å². The molecule has 0 aromatic rings. The number of amides is 1. The Labute approximate surface area is 104 Å². The van der Waals surface area contributed by atoms with E-state index in [9.17, 15) is 4.79 Å². The van der Waals surface area contributed by atoms with Crippen molar-refractivity contribution in [3.63, 3.8) is 0 Å². The lowest BCUT2D eigenvalue weighted by Gasteiger charge is -2.04. The standard InChI is InChI=1S/C10H13ClN4O2/c1-17-10(16)14-9(12)15-13-6-7-4-2-3-5-8(7)11/h2,4,6H,3,5H2,1H3,(H3,12,14,15,16)/b13-6+. The summed E-state index contributed by atoms with van der Waals surface area (Å²) < 4.78 is 4.33. The Kier molecular flexibility index (Phi) is 5.22. The van der Waals surface area contributed by atoms with Gasteiger partial charge >= 0.3 is 6.09 Å². The average Bonchev–Trinajstić information content (AvgIpc) is 2.31. The minimum absolute atomic E-state index is 0.149. The summed E-state index contributed by atoms with van der Waals surface area (Å²) in [4.78, 5) is 10.8. The molecule has 0 radical (unpaired) electrons. The van der Waals surface area contributed by atoms with Crippen LogP contribution in [0.3, 0.4) is 0 Å². The zero-order valence-corrected chi connectivity index (χ0v) is 10.1. The van der Waals surface area contributed by atoms with E-state index in [1.54, 1.807) is 0 Å². The minimum Gasteiger partial charge on any atom is -0.453 e. The zero-order valence-electron chi connectivity index (χ0n) is 9.31. The van der Waals surface area contributed by atoms with E-state index in [4.69, 9.17) is 17.3 Å². The molecule has 0 aromatic heterocycles. The molecule has 1 amide bonds. The molecule has 0 saturated carbocycles. The number of nitrogens with zero attached hydrogens (tertiary/aromatic N) is 2. The highest BCUT2D eigenvalue weighted by Crippen LogP contribution is 2.20. The molecule has 0 unspecified atom stereocenters. The number of hydrogen-bond acceptors (Lipinski definition) is 4. The van der Waals surface area contributed by atoms with Crippen LogP contribution in [-0.2, 0) is 4.74 Å². The van der Waals surface area contributed by atoms with Gasteiger partial charge in [-0.3, -0.25) is 5.32 Å². The van der Waals surface area contributed by atoms with Crippen LogP contribution in [0, 0.1) is 0 Å². The fraction of sp³-hybridized carbons (Fsp3) is 0.300. The van der Waals surface area contributed by atoms with Crippen LogP contribution < -0.4 is 11.1 Å². The van der Waals surface area contributed by atoms with Crippen molar-refractivity contribution in [2.75, 3.05) is 7.11 Å². The van der Waals surface area contributed by atoms with Gasteiger partial charge in [0.1, 0.15) is 0 Å². The maximum atomic E-state index is 10.8.